The maximum atomic E-state index is 12.2. The Kier molecular flexibility index (Phi) is 5.13. The van der Waals surface area contributed by atoms with Crippen LogP contribution in [0.2, 0.25) is 0 Å². The Morgan fingerprint density at radius 3 is 2.58 bits per heavy atom. The van der Waals surface area contributed by atoms with Crippen LogP contribution in [0.1, 0.15) is 32.2 Å². The number of amides is 1. The van der Waals surface area contributed by atoms with E-state index in [1.165, 1.54) is 0 Å². The first-order valence-electron chi connectivity index (χ1n) is 8.03. The number of benzene rings is 1. The van der Waals surface area contributed by atoms with Gasteiger partial charge in [0.1, 0.15) is 11.4 Å². The first-order chi connectivity index (χ1) is 12.5. The van der Waals surface area contributed by atoms with Crippen LogP contribution in [-0.4, -0.2) is 20.6 Å². The summed E-state index contributed by atoms with van der Waals surface area (Å²) in [6.07, 6.45) is 0. The van der Waals surface area contributed by atoms with E-state index in [9.17, 15) is 14.9 Å². The van der Waals surface area contributed by atoms with E-state index in [-0.39, 0.29) is 11.6 Å². The predicted molar refractivity (Wildman–Crippen MR) is 99.4 cm³/mol. The Morgan fingerprint density at radius 2 is 2.00 bits per heavy atom. The molecular formula is C18H18N4O3S. The van der Waals surface area contributed by atoms with Crippen LogP contribution in [0.3, 0.4) is 0 Å². The summed E-state index contributed by atoms with van der Waals surface area (Å²) in [5.74, 6) is -0.133. The number of rotatable bonds is 6. The molecule has 3 aromatic rings. The fraction of sp³-hybridized carbons (Fsp3) is 0.222. The van der Waals surface area contributed by atoms with Crippen LogP contribution in [0, 0.1) is 24.0 Å². The maximum absolute atomic E-state index is 12.2. The highest BCUT2D eigenvalue weighted by Gasteiger charge is 2.21. The Morgan fingerprint density at radius 1 is 1.27 bits per heavy atom. The number of nitrogens with one attached hydrogen (secondary N) is 1. The second-order valence-electron chi connectivity index (χ2n) is 5.89. The lowest BCUT2D eigenvalue weighted by atomic mass is 10.1. The van der Waals surface area contributed by atoms with Crippen LogP contribution in [0.15, 0.2) is 41.8 Å². The lowest BCUT2D eigenvalue weighted by Gasteiger charge is -2.07. The van der Waals surface area contributed by atoms with Crippen LogP contribution in [-0.2, 0) is 13.1 Å². The Bertz CT molecular complexity index is 930. The minimum absolute atomic E-state index is 0.0505. The Labute approximate surface area is 154 Å². The van der Waals surface area contributed by atoms with Gasteiger partial charge in [-0.15, -0.1) is 11.3 Å². The second-order valence-corrected chi connectivity index (χ2v) is 6.93. The normalized spacial score (nSPS) is 10.7. The monoisotopic (exact) mass is 370 g/mol. The summed E-state index contributed by atoms with van der Waals surface area (Å²) in [5, 5.41) is 20.2. The number of nitrogens with zero attached hydrogens (tertiary/aromatic N) is 3. The van der Waals surface area contributed by atoms with E-state index >= 15 is 0 Å². The van der Waals surface area contributed by atoms with E-state index in [0.717, 1.165) is 10.4 Å². The molecule has 0 fully saturated rings. The van der Waals surface area contributed by atoms with E-state index in [4.69, 9.17) is 0 Å². The summed E-state index contributed by atoms with van der Waals surface area (Å²) in [6.45, 7) is 4.23. The van der Waals surface area contributed by atoms with Gasteiger partial charge in [0.25, 0.3) is 5.91 Å². The molecule has 0 saturated carbocycles. The highest BCUT2D eigenvalue weighted by molar-refractivity contribution is 7.09. The van der Waals surface area contributed by atoms with Gasteiger partial charge >= 0.3 is 5.69 Å². The van der Waals surface area contributed by atoms with E-state index in [2.05, 4.69) is 10.4 Å². The fourth-order valence-corrected chi connectivity index (χ4v) is 3.37. The molecule has 0 saturated heterocycles. The number of thiophene rings is 1. The summed E-state index contributed by atoms with van der Waals surface area (Å²) in [7, 11) is 0. The molecule has 3 rings (SSSR count). The minimum Gasteiger partial charge on any atom is -0.347 e. The van der Waals surface area contributed by atoms with Crippen molar-refractivity contribution in [1.29, 1.82) is 0 Å². The van der Waals surface area contributed by atoms with Crippen LogP contribution < -0.4 is 5.32 Å². The van der Waals surface area contributed by atoms with Crippen molar-refractivity contribution in [3.63, 3.8) is 0 Å². The summed E-state index contributed by atoms with van der Waals surface area (Å²) in [4.78, 5) is 24.0. The average Bonchev–Trinajstić information content (AvgIpc) is 3.21. The van der Waals surface area contributed by atoms with Crippen molar-refractivity contribution in [2.45, 2.75) is 26.9 Å². The van der Waals surface area contributed by atoms with E-state index in [0.29, 0.717) is 30.0 Å². The van der Waals surface area contributed by atoms with Gasteiger partial charge in [-0.3, -0.25) is 19.6 Å². The van der Waals surface area contributed by atoms with Gasteiger partial charge in [-0.05, 0) is 43.0 Å². The van der Waals surface area contributed by atoms with Crippen LogP contribution in [0.5, 0.6) is 0 Å². The quantitative estimate of drug-likeness (QED) is 0.531. The molecule has 0 bridgehead atoms. The molecular weight excluding hydrogens is 352 g/mol. The average molecular weight is 370 g/mol. The minimum atomic E-state index is -0.408. The lowest BCUT2D eigenvalue weighted by molar-refractivity contribution is -0.386. The smallest absolute Gasteiger partial charge is 0.312 e. The molecule has 26 heavy (non-hydrogen) atoms. The SMILES string of the molecule is Cc1nn(Cc2ccc(C(=O)NCc3cccs3)cc2)c(C)c1[N+](=O)[O-]. The van der Waals surface area contributed by atoms with Crippen molar-refractivity contribution in [1.82, 2.24) is 15.1 Å². The van der Waals surface area contributed by atoms with E-state index in [1.807, 2.05) is 29.6 Å². The molecule has 0 radical (unpaired) electrons. The number of aromatic nitrogens is 2. The van der Waals surface area contributed by atoms with Gasteiger partial charge in [-0.2, -0.15) is 5.10 Å². The Hall–Kier alpha value is -3.00. The standard InChI is InChI=1S/C18H18N4O3S/c1-12-17(22(24)25)13(2)21(20-12)11-14-5-7-15(8-6-14)18(23)19-10-16-4-3-9-26-16/h3-9H,10-11H2,1-2H3,(H,19,23). The lowest BCUT2D eigenvalue weighted by Crippen LogP contribution is -2.22. The molecule has 0 aliphatic rings. The largest absolute Gasteiger partial charge is 0.347 e. The molecule has 2 aromatic heterocycles. The molecule has 8 heteroatoms. The molecule has 0 atom stereocenters. The number of carbonyl (C=O) groups is 1. The molecule has 0 aliphatic heterocycles. The van der Waals surface area contributed by atoms with Crippen molar-refractivity contribution in [3.8, 4) is 0 Å². The van der Waals surface area contributed by atoms with Crippen molar-refractivity contribution >= 4 is 22.9 Å². The third-order valence-corrected chi connectivity index (χ3v) is 4.95. The first kappa shape index (κ1) is 17.8. The van der Waals surface area contributed by atoms with Gasteiger partial charge in [0, 0.05) is 10.4 Å². The number of hydrogen-bond acceptors (Lipinski definition) is 5. The zero-order chi connectivity index (χ0) is 18.7. The third kappa shape index (κ3) is 3.80. The summed E-state index contributed by atoms with van der Waals surface area (Å²) >= 11 is 1.60. The molecule has 0 spiro atoms. The van der Waals surface area contributed by atoms with Crippen molar-refractivity contribution in [2.75, 3.05) is 0 Å². The van der Waals surface area contributed by atoms with E-state index < -0.39 is 4.92 Å². The van der Waals surface area contributed by atoms with Crippen LogP contribution in [0.25, 0.3) is 0 Å². The van der Waals surface area contributed by atoms with Gasteiger partial charge in [0.05, 0.1) is 18.0 Å². The zero-order valence-corrected chi connectivity index (χ0v) is 15.2. The van der Waals surface area contributed by atoms with E-state index in [1.54, 1.807) is 42.0 Å². The van der Waals surface area contributed by atoms with Crippen molar-refractivity contribution in [2.24, 2.45) is 0 Å². The molecule has 1 N–H and O–H groups in total. The first-order valence-corrected chi connectivity index (χ1v) is 8.91. The summed E-state index contributed by atoms with van der Waals surface area (Å²) in [5.41, 5.74) is 2.46. The number of aryl methyl sites for hydroxylation is 1. The molecule has 1 aromatic carbocycles. The van der Waals surface area contributed by atoms with Crippen molar-refractivity contribution < 1.29 is 9.72 Å². The van der Waals surface area contributed by atoms with Gasteiger partial charge in [0.15, 0.2) is 0 Å². The number of hydrogen-bond donors (Lipinski definition) is 1. The number of nitro groups is 1. The Balaban J connectivity index is 1.67. The van der Waals surface area contributed by atoms with Gasteiger partial charge in [0.2, 0.25) is 0 Å². The fourth-order valence-electron chi connectivity index (χ4n) is 2.72. The third-order valence-electron chi connectivity index (χ3n) is 4.08. The second kappa shape index (κ2) is 7.49. The number of carbonyl (C=O) groups excluding carboxylic acids is 1. The van der Waals surface area contributed by atoms with Gasteiger partial charge in [-0.25, -0.2) is 0 Å². The molecule has 134 valence electrons. The van der Waals surface area contributed by atoms with Gasteiger partial charge < -0.3 is 5.32 Å². The van der Waals surface area contributed by atoms with Crippen LogP contribution in [0.4, 0.5) is 5.69 Å². The molecule has 0 unspecified atom stereocenters. The van der Waals surface area contributed by atoms with Gasteiger partial charge in [-0.1, -0.05) is 18.2 Å². The topological polar surface area (TPSA) is 90.1 Å². The summed E-state index contributed by atoms with van der Waals surface area (Å²) in [6, 6.07) is 11.1. The summed E-state index contributed by atoms with van der Waals surface area (Å²) < 4.78 is 1.61. The van der Waals surface area contributed by atoms with Crippen LogP contribution >= 0.6 is 11.3 Å². The highest BCUT2D eigenvalue weighted by atomic mass is 32.1. The zero-order valence-electron chi connectivity index (χ0n) is 14.4. The van der Waals surface area contributed by atoms with Crippen molar-refractivity contribution in [3.05, 3.63) is 79.3 Å². The molecule has 7 nitrogen and oxygen atoms in total. The molecule has 0 aliphatic carbocycles. The molecule has 1 amide bonds. The maximum Gasteiger partial charge on any atom is 0.312 e. The predicted octanol–water partition coefficient (Wildman–Crippen LogP) is 3.45. The highest BCUT2D eigenvalue weighted by Crippen LogP contribution is 2.22. The molecule has 2 heterocycles.